The molecule has 0 unspecified atom stereocenters. The van der Waals surface area contributed by atoms with Gasteiger partial charge in [0.1, 0.15) is 0 Å². The summed E-state index contributed by atoms with van der Waals surface area (Å²) in [6.07, 6.45) is -8.71. The zero-order valence-corrected chi connectivity index (χ0v) is 24.6. The molecule has 2 saturated heterocycles. The van der Waals surface area contributed by atoms with E-state index in [1.165, 1.54) is 4.90 Å². The highest BCUT2D eigenvalue weighted by Gasteiger charge is 2.39. The molecule has 0 spiro atoms. The average molecular weight is 610 g/mol. The van der Waals surface area contributed by atoms with Crippen LogP contribution in [0.2, 0.25) is 0 Å². The highest BCUT2D eigenvalue weighted by molar-refractivity contribution is 5.95. The predicted octanol–water partition coefficient (Wildman–Crippen LogP) is 5.82. The highest BCUT2D eigenvalue weighted by Crippen LogP contribution is 2.37. The fourth-order valence-electron chi connectivity index (χ4n) is 5.55. The molecule has 0 aliphatic carbocycles. The van der Waals surface area contributed by atoms with Crippen molar-refractivity contribution in [2.45, 2.75) is 58.0 Å². The number of halogens is 6. The number of carbonyl (C=O) groups is 1. The first-order chi connectivity index (χ1) is 20.3. The van der Waals surface area contributed by atoms with Crippen molar-refractivity contribution >= 4 is 5.91 Å². The third-order valence-electron chi connectivity index (χ3n) is 8.24. The molecule has 11 heteroatoms. The molecule has 2 atom stereocenters. The molecule has 2 heterocycles. The topological polar surface area (TPSA) is 36.0 Å². The normalized spacial score (nSPS) is 20.5. The van der Waals surface area contributed by atoms with Gasteiger partial charge < -0.3 is 9.64 Å². The number of amides is 1. The Labute approximate surface area is 248 Å². The van der Waals surface area contributed by atoms with Crippen molar-refractivity contribution in [1.29, 1.82) is 0 Å². The lowest BCUT2D eigenvalue weighted by Crippen LogP contribution is -2.56. The monoisotopic (exact) mass is 609 g/mol. The summed E-state index contributed by atoms with van der Waals surface area (Å²) in [4.78, 5) is 19.4. The molecule has 0 N–H and O–H groups in total. The SMILES string of the molecule is CC[C@@H]1COCCN1CC#CCN1CCN(C(=O)c2cc(C(F)(F)F)cc(C(F)(F)F)c2)[C@H](Cc2ccc(C)c(C)c2)C1. The van der Waals surface area contributed by atoms with Gasteiger partial charge in [-0.05, 0) is 61.6 Å². The van der Waals surface area contributed by atoms with Crippen molar-refractivity contribution in [2.75, 3.05) is 52.5 Å². The summed E-state index contributed by atoms with van der Waals surface area (Å²) < 4.78 is 86.6. The lowest BCUT2D eigenvalue weighted by molar-refractivity contribution is -0.143. The minimum atomic E-state index is -5.04. The number of piperazine rings is 1. The number of carbonyl (C=O) groups excluding carboxylic acids is 1. The van der Waals surface area contributed by atoms with Crippen LogP contribution in [0.3, 0.4) is 0 Å². The second-order valence-corrected chi connectivity index (χ2v) is 11.3. The van der Waals surface area contributed by atoms with Crippen LogP contribution in [-0.2, 0) is 23.5 Å². The first-order valence-electron chi connectivity index (χ1n) is 14.4. The summed E-state index contributed by atoms with van der Waals surface area (Å²) in [6.45, 7) is 10.2. The summed E-state index contributed by atoms with van der Waals surface area (Å²) >= 11 is 0. The van der Waals surface area contributed by atoms with Gasteiger partial charge in [0, 0.05) is 43.8 Å². The number of hydrogen-bond donors (Lipinski definition) is 0. The largest absolute Gasteiger partial charge is 0.416 e. The van der Waals surface area contributed by atoms with E-state index in [0.29, 0.717) is 64.0 Å². The van der Waals surface area contributed by atoms with Gasteiger partial charge in [0.25, 0.3) is 5.91 Å². The van der Waals surface area contributed by atoms with E-state index in [9.17, 15) is 31.1 Å². The van der Waals surface area contributed by atoms with Crippen LogP contribution in [0.15, 0.2) is 36.4 Å². The molecule has 1 amide bonds. The van der Waals surface area contributed by atoms with E-state index in [0.717, 1.165) is 29.7 Å². The summed E-state index contributed by atoms with van der Waals surface area (Å²) in [5.41, 5.74) is -0.568. The van der Waals surface area contributed by atoms with Crippen LogP contribution >= 0.6 is 0 Å². The number of rotatable bonds is 6. The van der Waals surface area contributed by atoms with E-state index in [1.54, 1.807) is 0 Å². The zero-order chi connectivity index (χ0) is 31.4. The van der Waals surface area contributed by atoms with E-state index < -0.39 is 41.0 Å². The van der Waals surface area contributed by atoms with Crippen LogP contribution in [0, 0.1) is 25.7 Å². The van der Waals surface area contributed by atoms with Crippen molar-refractivity contribution in [3.8, 4) is 11.8 Å². The van der Waals surface area contributed by atoms with Gasteiger partial charge in [-0.25, -0.2) is 0 Å². The van der Waals surface area contributed by atoms with Gasteiger partial charge in [-0.1, -0.05) is 37.0 Å². The third-order valence-corrected chi connectivity index (χ3v) is 8.24. The average Bonchev–Trinajstić information content (AvgIpc) is 2.96. The van der Waals surface area contributed by atoms with Crippen LogP contribution in [0.25, 0.3) is 0 Å². The van der Waals surface area contributed by atoms with Crippen LogP contribution in [-0.4, -0.2) is 85.2 Å². The molecule has 0 saturated carbocycles. The van der Waals surface area contributed by atoms with Gasteiger partial charge in [0.05, 0.1) is 37.4 Å². The number of nitrogens with zero attached hydrogens (tertiary/aromatic N) is 3. The molecule has 0 radical (unpaired) electrons. The Morgan fingerprint density at radius 1 is 0.884 bits per heavy atom. The molecule has 0 bridgehead atoms. The first kappa shape index (κ1) is 32.8. The van der Waals surface area contributed by atoms with Gasteiger partial charge >= 0.3 is 12.4 Å². The number of alkyl halides is 6. The smallest absolute Gasteiger partial charge is 0.378 e. The van der Waals surface area contributed by atoms with Gasteiger partial charge in [-0.2, -0.15) is 26.3 Å². The maximum atomic E-state index is 13.6. The van der Waals surface area contributed by atoms with Crippen LogP contribution in [0.5, 0.6) is 0 Å². The summed E-state index contributed by atoms with van der Waals surface area (Å²) in [6, 6.07) is 6.80. The Bertz CT molecular complexity index is 1320. The van der Waals surface area contributed by atoms with Crippen LogP contribution < -0.4 is 0 Å². The Morgan fingerprint density at radius 2 is 1.56 bits per heavy atom. The molecule has 43 heavy (non-hydrogen) atoms. The number of morpholine rings is 1. The Kier molecular flexibility index (Phi) is 10.5. The van der Waals surface area contributed by atoms with Gasteiger partial charge in [0.2, 0.25) is 0 Å². The second-order valence-electron chi connectivity index (χ2n) is 11.3. The third kappa shape index (κ3) is 8.52. The van der Waals surface area contributed by atoms with Crippen molar-refractivity contribution in [3.05, 3.63) is 69.8 Å². The number of benzene rings is 2. The first-order valence-corrected chi connectivity index (χ1v) is 14.4. The lowest BCUT2D eigenvalue weighted by Gasteiger charge is -2.41. The molecule has 5 nitrogen and oxygen atoms in total. The quantitative estimate of drug-likeness (QED) is 0.306. The molecule has 234 valence electrons. The second kappa shape index (κ2) is 13.7. The summed E-state index contributed by atoms with van der Waals surface area (Å²) in [5, 5.41) is 0. The minimum absolute atomic E-state index is 0.0413. The molecule has 2 aromatic carbocycles. The highest BCUT2D eigenvalue weighted by atomic mass is 19.4. The van der Waals surface area contributed by atoms with E-state index in [2.05, 4.69) is 28.6 Å². The molecule has 0 aromatic heterocycles. The molecular weight excluding hydrogens is 572 g/mol. The number of ether oxygens (including phenoxy) is 1. The Morgan fingerprint density at radius 3 is 2.19 bits per heavy atom. The standard InChI is InChI=1S/C32H37F6N3O2/c1-4-28-21-43-14-13-40(28)10-6-5-9-39-11-12-41(29(20-39)16-24-8-7-22(2)23(3)15-24)30(42)25-17-26(31(33,34)35)19-27(18-25)32(36,37)38/h7-8,15,17-19,28-29H,4,9-14,16,20-21H2,1-3H3/t28-,29-/m1/s1. The van der Waals surface area contributed by atoms with E-state index in [-0.39, 0.29) is 12.6 Å². The molecule has 2 aromatic rings. The van der Waals surface area contributed by atoms with E-state index in [4.69, 9.17) is 4.74 Å². The Hall–Kier alpha value is -3.07. The van der Waals surface area contributed by atoms with Gasteiger partial charge in [0.15, 0.2) is 0 Å². The number of aryl methyl sites for hydroxylation is 2. The van der Waals surface area contributed by atoms with Crippen molar-refractivity contribution in [3.63, 3.8) is 0 Å². The predicted molar refractivity (Wildman–Crippen MR) is 152 cm³/mol. The minimum Gasteiger partial charge on any atom is -0.378 e. The maximum absolute atomic E-state index is 13.6. The number of hydrogen-bond acceptors (Lipinski definition) is 4. The zero-order valence-electron chi connectivity index (χ0n) is 24.6. The summed E-state index contributed by atoms with van der Waals surface area (Å²) in [5.74, 6) is 5.59. The fraction of sp³-hybridized carbons (Fsp3) is 0.531. The Balaban J connectivity index is 1.56. The molecular formula is C32H37F6N3O2. The molecule has 4 rings (SSSR count). The molecule has 2 aliphatic rings. The van der Waals surface area contributed by atoms with Crippen LogP contribution in [0.1, 0.15) is 51.5 Å². The van der Waals surface area contributed by atoms with Crippen LogP contribution in [0.4, 0.5) is 26.3 Å². The maximum Gasteiger partial charge on any atom is 0.416 e. The molecule has 2 fully saturated rings. The lowest BCUT2D eigenvalue weighted by atomic mass is 9.97. The van der Waals surface area contributed by atoms with E-state index >= 15 is 0 Å². The van der Waals surface area contributed by atoms with E-state index in [1.807, 2.05) is 32.0 Å². The van der Waals surface area contributed by atoms with Gasteiger partial charge in [-0.3, -0.25) is 14.6 Å². The fourth-order valence-corrected chi connectivity index (χ4v) is 5.55. The van der Waals surface area contributed by atoms with Crippen molar-refractivity contribution in [2.24, 2.45) is 0 Å². The summed E-state index contributed by atoms with van der Waals surface area (Å²) in [7, 11) is 0. The van der Waals surface area contributed by atoms with Gasteiger partial charge in [-0.15, -0.1) is 0 Å². The molecule has 2 aliphatic heterocycles. The van der Waals surface area contributed by atoms with Crippen molar-refractivity contribution in [1.82, 2.24) is 14.7 Å². The van der Waals surface area contributed by atoms with Crippen molar-refractivity contribution < 1.29 is 35.9 Å².